The van der Waals surface area contributed by atoms with Crippen LogP contribution in [0.1, 0.15) is 13.8 Å². The second kappa shape index (κ2) is 4.08. The molecule has 0 saturated carbocycles. The molecule has 2 N–H and O–H groups in total. The van der Waals surface area contributed by atoms with E-state index in [4.69, 9.17) is 4.74 Å². The van der Waals surface area contributed by atoms with Crippen LogP contribution in [0.4, 0.5) is 5.69 Å². The Labute approximate surface area is 99.2 Å². The Hall–Kier alpha value is -2.04. The second-order valence-corrected chi connectivity index (χ2v) is 3.95. The van der Waals surface area contributed by atoms with Crippen molar-refractivity contribution in [2.45, 2.75) is 19.4 Å². The molecule has 90 valence electrons. The van der Waals surface area contributed by atoms with Gasteiger partial charge in [0.15, 0.2) is 0 Å². The van der Waals surface area contributed by atoms with Gasteiger partial charge in [0.25, 0.3) is 17.4 Å². The number of carbonyl (C=O) groups excluding carboxylic acids is 2. The highest BCUT2D eigenvalue weighted by molar-refractivity contribution is 6.15. The van der Waals surface area contributed by atoms with E-state index in [0.29, 0.717) is 18.0 Å². The third-order valence-electron chi connectivity index (χ3n) is 2.65. The molecule has 0 spiro atoms. The van der Waals surface area contributed by atoms with E-state index in [2.05, 4.69) is 10.6 Å². The largest absolute Gasteiger partial charge is 0.466 e. The Morgan fingerprint density at radius 3 is 2.88 bits per heavy atom. The summed E-state index contributed by atoms with van der Waals surface area (Å²) in [6.45, 7) is 3.70. The highest BCUT2D eigenvalue weighted by atomic mass is 16.5. The summed E-state index contributed by atoms with van der Waals surface area (Å²) < 4.78 is 5.52. The van der Waals surface area contributed by atoms with Crippen LogP contribution in [0.15, 0.2) is 24.3 Å². The number of ether oxygens (including phenoxy) is 1. The fourth-order valence-corrected chi connectivity index (χ4v) is 1.65. The number of para-hydroxylation sites is 2. The molecule has 0 bridgehead atoms. The highest BCUT2D eigenvalue weighted by Crippen LogP contribution is 2.33. The van der Waals surface area contributed by atoms with E-state index in [-0.39, 0.29) is 0 Å². The normalized spacial score (nSPS) is 22.1. The molecule has 1 unspecified atom stereocenters. The minimum absolute atomic E-state index is 0.438. The Bertz CT molecular complexity index is 473. The van der Waals surface area contributed by atoms with Crippen LogP contribution in [-0.2, 0) is 9.59 Å². The second-order valence-electron chi connectivity index (χ2n) is 3.95. The summed E-state index contributed by atoms with van der Waals surface area (Å²) >= 11 is 0. The van der Waals surface area contributed by atoms with Crippen LogP contribution >= 0.6 is 0 Å². The first-order valence-electron chi connectivity index (χ1n) is 5.45. The molecule has 2 amide bonds. The van der Waals surface area contributed by atoms with Crippen LogP contribution < -0.4 is 15.4 Å². The highest BCUT2D eigenvalue weighted by Gasteiger charge is 2.46. The summed E-state index contributed by atoms with van der Waals surface area (Å²) in [7, 11) is 0. The van der Waals surface area contributed by atoms with E-state index in [1.165, 1.54) is 6.92 Å². The number of benzene rings is 1. The van der Waals surface area contributed by atoms with Crippen molar-refractivity contribution in [3.05, 3.63) is 24.3 Å². The quantitative estimate of drug-likeness (QED) is 0.747. The summed E-state index contributed by atoms with van der Waals surface area (Å²) in [6, 6.07) is 7.02. The van der Waals surface area contributed by atoms with Crippen LogP contribution in [0.2, 0.25) is 0 Å². The fraction of sp³-hybridized carbons (Fsp3) is 0.333. The SMILES string of the molecule is CCNC(=O)C1(C)Oc2ccccc2NC1=O. The first-order chi connectivity index (χ1) is 8.08. The monoisotopic (exact) mass is 234 g/mol. The number of anilines is 1. The zero-order chi connectivity index (χ0) is 12.5. The van der Waals surface area contributed by atoms with Crippen molar-refractivity contribution in [1.29, 1.82) is 0 Å². The maximum Gasteiger partial charge on any atom is 0.278 e. The van der Waals surface area contributed by atoms with Gasteiger partial charge in [0.2, 0.25) is 0 Å². The third-order valence-corrected chi connectivity index (χ3v) is 2.65. The summed E-state index contributed by atoms with van der Waals surface area (Å²) in [5, 5.41) is 5.26. The van der Waals surface area contributed by atoms with Crippen LogP contribution in [0.3, 0.4) is 0 Å². The number of carbonyl (C=O) groups is 2. The molecule has 1 aliphatic heterocycles. The molecule has 0 aliphatic carbocycles. The molecule has 2 rings (SSSR count). The maximum absolute atomic E-state index is 11.9. The Morgan fingerprint density at radius 2 is 2.18 bits per heavy atom. The summed E-state index contributed by atoms with van der Waals surface area (Å²) in [5.74, 6) is -0.394. The Kier molecular flexibility index (Phi) is 2.75. The lowest BCUT2D eigenvalue weighted by atomic mass is 10.0. The molecule has 5 nitrogen and oxygen atoms in total. The molecule has 1 aromatic carbocycles. The number of likely N-dealkylation sites (N-methyl/N-ethyl adjacent to an activating group) is 1. The van der Waals surface area contributed by atoms with Gasteiger partial charge in [-0.15, -0.1) is 0 Å². The van der Waals surface area contributed by atoms with Gasteiger partial charge in [0.1, 0.15) is 5.75 Å². The Balaban J connectivity index is 2.34. The van der Waals surface area contributed by atoms with Gasteiger partial charge < -0.3 is 15.4 Å². The van der Waals surface area contributed by atoms with Gasteiger partial charge in [-0.25, -0.2) is 0 Å². The summed E-state index contributed by atoms with van der Waals surface area (Å²) in [4.78, 5) is 23.7. The average molecular weight is 234 g/mol. The topological polar surface area (TPSA) is 67.4 Å². The summed E-state index contributed by atoms with van der Waals surface area (Å²) in [5.41, 5.74) is -0.927. The molecule has 1 heterocycles. The lowest BCUT2D eigenvalue weighted by Gasteiger charge is -2.33. The predicted molar refractivity (Wildman–Crippen MR) is 62.8 cm³/mol. The van der Waals surface area contributed by atoms with Crippen molar-refractivity contribution < 1.29 is 14.3 Å². The minimum Gasteiger partial charge on any atom is -0.466 e. The average Bonchev–Trinajstić information content (AvgIpc) is 2.31. The fourth-order valence-electron chi connectivity index (χ4n) is 1.65. The molecule has 1 atom stereocenters. The molecule has 0 fully saturated rings. The summed E-state index contributed by atoms with van der Waals surface area (Å²) in [6.07, 6.45) is 0. The van der Waals surface area contributed by atoms with Gasteiger partial charge in [-0.1, -0.05) is 12.1 Å². The lowest BCUT2D eigenvalue weighted by molar-refractivity contribution is -0.146. The van der Waals surface area contributed by atoms with Gasteiger partial charge in [-0.05, 0) is 26.0 Å². The van der Waals surface area contributed by atoms with Crippen LogP contribution in [0.25, 0.3) is 0 Å². The van der Waals surface area contributed by atoms with Crippen LogP contribution in [-0.4, -0.2) is 24.0 Å². The number of hydrogen-bond donors (Lipinski definition) is 2. The van der Waals surface area contributed by atoms with Crippen molar-refractivity contribution >= 4 is 17.5 Å². The smallest absolute Gasteiger partial charge is 0.278 e. The molecule has 0 radical (unpaired) electrons. The van der Waals surface area contributed by atoms with E-state index in [1.807, 2.05) is 0 Å². The minimum atomic E-state index is -1.51. The zero-order valence-corrected chi connectivity index (χ0v) is 9.74. The number of fused-ring (bicyclic) bond motifs is 1. The van der Waals surface area contributed by atoms with Crippen molar-refractivity contribution in [2.75, 3.05) is 11.9 Å². The van der Waals surface area contributed by atoms with Crippen molar-refractivity contribution in [3.63, 3.8) is 0 Å². The van der Waals surface area contributed by atoms with Gasteiger partial charge in [0.05, 0.1) is 5.69 Å². The van der Waals surface area contributed by atoms with Crippen molar-refractivity contribution in [1.82, 2.24) is 5.32 Å². The van der Waals surface area contributed by atoms with E-state index >= 15 is 0 Å². The molecule has 0 saturated heterocycles. The van der Waals surface area contributed by atoms with Crippen LogP contribution in [0, 0.1) is 0 Å². The van der Waals surface area contributed by atoms with Crippen molar-refractivity contribution in [3.8, 4) is 5.75 Å². The first-order valence-corrected chi connectivity index (χ1v) is 5.45. The van der Waals surface area contributed by atoms with E-state index < -0.39 is 17.4 Å². The molecule has 17 heavy (non-hydrogen) atoms. The molecule has 5 heteroatoms. The molecular weight excluding hydrogens is 220 g/mol. The van der Waals surface area contributed by atoms with Crippen LogP contribution in [0.5, 0.6) is 5.75 Å². The Morgan fingerprint density at radius 1 is 1.47 bits per heavy atom. The maximum atomic E-state index is 11.9. The first kappa shape index (κ1) is 11.4. The van der Waals surface area contributed by atoms with E-state index in [1.54, 1.807) is 31.2 Å². The number of amides is 2. The third kappa shape index (κ3) is 1.84. The number of rotatable bonds is 2. The molecule has 1 aromatic rings. The van der Waals surface area contributed by atoms with Crippen molar-refractivity contribution in [2.24, 2.45) is 0 Å². The molecular formula is C12H14N2O3. The molecule has 1 aliphatic rings. The number of hydrogen-bond acceptors (Lipinski definition) is 3. The van der Waals surface area contributed by atoms with E-state index in [0.717, 1.165) is 0 Å². The lowest BCUT2D eigenvalue weighted by Crippen LogP contribution is -2.58. The van der Waals surface area contributed by atoms with E-state index in [9.17, 15) is 9.59 Å². The van der Waals surface area contributed by atoms with Gasteiger partial charge in [-0.3, -0.25) is 9.59 Å². The standard InChI is InChI=1S/C12H14N2O3/c1-3-13-10(15)12(2)11(16)14-8-6-4-5-7-9(8)17-12/h4-7H,3H2,1-2H3,(H,13,15)(H,14,16). The van der Waals surface area contributed by atoms with Gasteiger partial charge in [0, 0.05) is 6.54 Å². The number of nitrogens with one attached hydrogen (secondary N) is 2. The van der Waals surface area contributed by atoms with Gasteiger partial charge in [-0.2, -0.15) is 0 Å². The molecule has 0 aromatic heterocycles. The zero-order valence-electron chi connectivity index (χ0n) is 9.74. The predicted octanol–water partition coefficient (Wildman–Crippen LogP) is 0.912. The van der Waals surface area contributed by atoms with Gasteiger partial charge >= 0.3 is 0 Å².